The lowest BCUT2D eigenvalue weighted by Gasteiger charge is -2.42. The summed E-state index contributed by atoms with van der Waals surface area (Å²) in [6, 6.07) is 0. The molecule has 0 fully saturated rings. The summed E-state index contributed by atoms with van der Waals surface area (Å²) in [7, 11) is 0. The standard InChI is InChI=1S/C24HBF20O/c26-3-1(4(27)8(31)11(34)7(3)30)25(2-5(28)9(32)12(35)10(33)6(2)29)24(22(44)19(42)16(39)20(43)23(24)45)46-21-17(40)14(37)13(36)15(38)18(21)41/h22H. The zero-order valence-electron chi connectivity index (χ0n) is 20.6. The molecule has 4 rings (SSSR count). The molecule has 0 aliphatic heterocycles. The highest BCUT2D eigenvalue weighted by atomic mass is 19.2. The van der Waals surface area contributed by atoms with E-state index in [1.54, 1.807) is 0 Å². The van der Waals surface area contributed by atoms with E-state index in [4.69, 9.17) is 0 Å². The number of hydrogen-bond acceptors (Lipinski definition) is 1. The lowest BCUT2D eigenvalue weighted by Crippen LogP contribution is -2.72. The van der Waals surface area contributed by atoms with Crippen LogP contribution >= 0.6 is 0 Å². The van der Waals surface area contributed by atoms with Gasteiger partial charge < -0.3 is 4.74 Å². The predicted octanol–water partition coefficient (Wildman–Crippen LogP) is 7.39. The van der Waals surface area contributed by atoms with E-state index in [0.29, 0.717) is 0 Å². The summed E-state index contributed by atoms with van der Waals surface area (Å²) in [4.78, 5) is 0. The summed E-state index contributed by atoms with van der Waals surface area (Å²) < 4.78 is 294. The fraction of sp³-hybridized carbons (Fsp3) is 0.0833. The molecule has 0 N–H and O–H groups in total. The molecular weight excluding hydrogens is 695 g/mol. The molecule has 46 heavy (non-hydrogen) atoms. The maximum Gasteiger partial charge on any atom is 0.289 e. The minimum absolute atomic E-state index is 3.13. The molecule has 0 heterocycles. The van der Waals surface area contributed by atoms with Gasteiger partial charge in [0.2, 0.25) is 29.1 Å². The summed E-state index contributed by atoms with van der Waals surface area (Å²) in [5.41, 5.74) is -12.3. The highest BCUT2D eigenvalue weighted by Gasteiger charge is 2.66. The molecule has 0 spiro atoms. The largest absolute Gasteiger partial charge is 0.478 e. The van der Waals surface area contributed by atoms with Crippen molar-refractivity contribution in [2.75, 3.05) is 0 Å². The van der Waals surface area contributed by atoms with Crippen LogP contribution < -0.4 is 15.7 Å². The van der Waals surface area contributed by atoms with Crippen molar-refractivity contribution in [2.24, 2.45) is 0 Å². The SMILES string of the molecule is FC1=C(F)C(F)C(Oc2c(F)c(F)c(F)c(F)c2F)(B(c2c(F)c(F)c(F)c(F)c2F)c2c(F)c(F)c(F)c(F)c2F)C(F)=C1F. The number of alkyl halides is 1. The van der Waals surface area contributed by atoms with Gasteiger partial charge in [0.15, 0.2) is 98.9 Å². The molecule has 3 aromatic rings. The Hall–Kier alpha value is -4.40. The van der Waals surface area contributed by atoms with Crippen molar-refractivity contribution < 1.29 is 92.5 Å². The second kappa shape index (κ2) is 11.4. The van der Waals surface area contributed by atoms with E-state index < -0.39 is 146 Å². The maximum atomic E-state index is 15.8. The normalized spacial score (nSPS) is 18.6. The molecule has 0 amide bonds. The Bertz CT molecular complexity index is 1750. The topological polar surface area (TPSA) is 9.23 Å². The zero-order valence-corrected chi connectivity index (χ0v) is 20.6. The quantitative estimate of drug-likeness (QED) is 0.117. The van der Waals surface area contributed by atoms with Crippen molar-refractivity contribution in [1.82, 2.24) is 0 Å². The van der Waals surface area contributed by atoms with Crippen LogP contribution in [0.25, 0.3) is 0 Å². The van der Waals surface area contributed by atoms with Gasteiger partial charge >= 0.3 is 0 Å². The third-order valence-corrected chi connectivity index (χ3v) is 6.47. The van der Waals surface area contributed by atoms with Gasteiger partial charge in [-0.3, -0.25) is 0 Å². The molecule has 1 aliphatic carbocycles. The van der Waals surface area contributed by atoms with Crippen molar-refractivity contribution in [3.63, 3.8) is 0 Å². The smallest absolute Gasteiger partial charge is 0.289 e. The van der Waals surface area contributed by atoms with Crippen LogP contribution in [0, 0.1) is 87.3 Å². The summed E-state index contributed by atoms with van der Waals surface area (Å²) in [6.45, 7) is -4.88. The molecule has 0 saturated carbocycles. The fourth-order valence-corrected chi connectivity index (χ4v) is 4.38. The Balaban J connectivity index is 2.38. The number of rotatable bonds is 5. The van der Waals surface area contributed by atoms with Crippen LogP contribution in [0.5, 0.6) is 5.75 Å². The van der Waals surface area contributed by atoms with Crippen LogP contribution in [0.2, 0.25) is 0 Å². The number of hydrogen-bond donors (Lipinski definition) is 0. The van der Waals surface area contributed by atoms with E-state index in [-0.39, 0.29) is 0 Å². The van der Waals surface area contributed by atoms with E-state index in [1.807, 2.05) is 0 Å². The van der Waals surface area contributed by atoms with Crippen molar-refractivity contribution in [1.29, 1.82) is 0 Å². The third kappa shape index (κ3) is 4.49. The number of allylic oxidation sites excluding steroid dienone is 2. The molecule has 2 unspecified atom stereocenters. The lowest BCUT2D eigenvalue weighted by atomic mass is 9.29. The summed E-state index contributed by atoms with van der Waals surface area (Å²) >= 11 is 0. The number of ether oxygens (including phenoxy) is 1. The molecule has 246 valence electrons. The minimum Gasteiger partial charge on any atom is -0.478 e. The molecule has 1 nitrogen and oxygen atoms in total. The molecular formula is C24HBF20O. The van der Waals surface area contributed by atoms with E-state index in [9.17, 15) is 61.5 Å². The summed E-state index contributed by atoms with van der Waals surface area (Å²) in [5.74, 6) is -67.9. The minimum atomic E-state index is -5.78. The van der Waals surface area contributed by atoms with E-state index in [1.165, 1.54) is 0 Å². The van der Waals surface area contributed by atoms with Crippen molar-refractivity contribution >= 4 is 17.6 Å². The lowest BCUT2D eigenvalue weighted by molar-refractivity contribution is 0.0529. The maximum absolute atomic E-state index is 15.8. The fourth-order valence-electron chi connectivity index (χ4n) is 4.38. The first-order valence-corrected chi connectivity index (χ1v) is 11.2. The van der Waals surface area contributed by atoms with Crippen molar-refractivity contribution in [3.05, 3.63) is 111 Å². The van der Waals surface area contributed by atoms with E-state index in [0.717, 1.165) is 0 Å². The Morgan fingerprint density at radius 1 is 0.391 bits per heavy atom. The highest BCUT2D eigenvalue weighted by molar-refractivity contribution is 6.88. The first-order valence-electron chi connectivity index (χ1n) is 11.2. The first kappa shape index (κ1) is 34.5. The Morgan fingerprint density at radius 2 is 0.674 bits per heavy atom. The second-order valence-electron chi connectivity index (χ2n) is 8.85. The second-order valence-corrected chi connectivity index (χ2v) is 8.85. The average molecular weight is 696 g/mol. The highest BCUT2D eigenvalue weighted by Crippen LogP contribution is 2.48. The number of halogens is 20. The molecule has 0 saturated heterocycles. The van der Waals surface area contributed by atoms with Gasteiger partial charge in [0, 0.05) is 10.9 Å². The van der Waals surface area contributed by atoms with Crippen LogP contribution in [0.4, 0.5) is 87.8 Å². The van der Waals surface area contributed by atoms with Crippen LogP contribution in [0.1, 0.15) is 0 Å². The molecule has 22 heteroatoms. The van der Waals surface area contributed by atoms with Gasteiger partial charge in [-0.2, -0.15) is 8.78 Å². The zero-order chi connectivity index (χ0) is 35.1. The van der Waals surface area contributed by atoms with Gasteiger partial charge in [0.1, 0.15) is 0 Å². The van der Waals surface area contributed by atoms with Crippen molar-refractivity contribution in [3.8, 4) is 5.75 Å². The Morgan fingerprint density at radius 3 is 1.00 bits per heavy atom. The van der Waals surface area contributed by atoms with Crippen LogP contribution in [0.15, 0.2) is 23.3 Å². The number of benzene rings is 3. The van der Waals surface area contributed by atoms with Crippen LogP contribution in [-0.4, -0.2) is 18.4 Å². The predicted molar refractivity (Wildman–Crippen MR) is 110 cm³/mol. The van der Waals surface area contributed by atoms with Crippen LogP contribution in [0.3, 0.4) is 0 Å². The first-order chi connectivity index (χ1) is 21.2. The molecule has 0 bridgehead atoms. The van der Waals surface area contributed by atoms with Gasteiger partial charge in [-0.25, -0.2) is 79.0 Å². The molecule has 3 aromatic carbocycles. The summed E-state index contributed by atoms with van der Waals surface area (Å²) in [5, 5.41) is 0. The molecule has 0 aromatic heterocycles. The average Bonchev–Trinajstić information content (AvgIpc) is 3.03. The molecule has 1 aliphatic rings. The van der Waals surface area contributed by atoms with Gasteiger partial charge in [-0.15, -0.1) is 0 Å². The van der Waals surface area contributed by atoms with Crippen molar-refractivity contribution in [2.45, 2.75) is 11.7 Å². The van der Waals surface area contributed by atoms with E-state index >= 15 is 26.3 Å². The Kier molecular flexibility index (Phi) is 8.58. The van der Waals surface area contributed by atoms with Gasteiger partial charge in [0.05, 0.1) is 0 Å². The summed E-state index contributed by atoms with van der Waals surface area (Å²) in [6.07, 6.45) is -5.03. The van der Waals surface area contributed by atoms with Gasteiger partial charge in [-0.05, 0) is 0 Å². The van der Waals surface area contributed by atoms with E-state index in [2.05, 4.69) is 4.74 Å². The third-order valence-electron chi connectivity index (χ3n) is 6.47. The molecule has 0 radical (unpaired) electrons. The monoisotopic (exact) mass is 696 g/mol. The van der Waals surface area contributed by atoms with Gasteiger partial charge in [0.25, 0.3) is 6.71 Å². The Labute approximate surface area is 239 Å². The molecule has 2 atom stereocenters. The van der Waals surface area contributed by atoms with Gasteiger partial charge in [-0.1, -0.05) is 0 Å². The van der Waals surface area contributed by atoms with Crippen LogP contribution in [-0.2, 0) is 0 Å².